The monoisotopic (exact) mass is 157 g/mol. The van der Waals surface area contributed by atoms with Crippen LogP contribution in [0.5, 0.6) is 0 Å². The largest absolute Gasteiger partial charge is 0.480 e. The molecule has 0 aliphatic rings. The van der Waals surface area contributed by atoms with Gasteiger partial charge in [-0.05, 0) is 12.3 Å². The highest BCUT2D eigenvalue weighted by molar-refractivity contribution is 5.80. The van der Waals surface area contributed by atoms with Crippen LogP contribution in [0, 0.1) is 5.92 Å². The molecular formula is C8H15NO2. The zero-order valence-corrected chi connectivity index (χ0v) is 7.00. The third-order valence-corrected chi connectivity index (χ3v) is 1.51. The average Bonchev–Trinajstić information content (AvgIpc) is 1.86. The minimum absolute atomic E-state index is 0.258. The Balaban J connectivity index is 4.34. The molecule has 0 saturated heterocycles. The number of hydrogen-bond donors (Lipinski definition) is 2. The van der Waals surface area contributed by atoms with Gasteiger partial charge in [0.25, 0.3) is 0 Å². The van der Waals surface area contributed by atoms with Gasteiger partial charge >= 0.3 is 5.97 Å². The first-order valence-corrected chi connectivity index (χ1v) is 3.58. The van der Waals surface area contributed by atoms with Crippen LogP contribution in [0.2, 0.25) is 0 Å². The minimum atomic E-state index is -1.26. The minimum Gasteiger partial charge on any atom is -0.480 e. The van der Waals surface area contributed by atoms with Crippen LogP contribution in [-0.2, 0) is 4.79 Å². The summed E-state index contributed by atoms with van der Waals surface area (Å²) in [6.07, 6.45) is 1.71. The summed E-state index contributed by atoms with van der Waals surface area (Å²) < 4.78 is 0. The van der Waals surface area contributed by atoms with E-state index in [0.717, 1.165) is 0 Å². The molecule has 3 nitrogen and oxygen atoms in total. The van der Waals surface area contributed by atoms with Gasteiger partial charge in [-0.25, -0.2) is 4.79 Å². The van der Waals surface area contributed by atoms with Crippen LogP contribution in [0.4, 0.5) is 0 Å². The summed E-state index contributed by atoms with van der Waals surface area (Å²) in [6, 6.07) is 0. The van der Waals surface area contributed by atoms with Gasteiger partial charge in [0.2, 0.25) is 0 Å². The SMILES string of the molecule is C=C[C@@](N)(CC(C)C)C(=O)O. The molecule has 1 atom stereocenters. The van der Waals surface area contributed by atoms with Crippen LogP contribution in [0.15, 0.2) is 12.7 Å². The average molecular weight is 157 g/mol. The Morgan fingerprint density at radius 3 is 2.36 bits per heavy atom. The second-order valence-corrected chi connectivity index (χ2v) is 3.15. The highest BCUT2D eigenvalue weighted by Crippen LogP contribution is 2.15. The van der Waals surface area contributed by atoms with Gasteiger partial charge in [0.05, 0.1) is 0 Å². The second kappa shape index (κ2) is 3.53. The molecule has 0 fully saturated rings. The molecule has 11 heavy (non-hydrogen) atoms. The zero-order valence-electron chi connectivity index (χ0n) is 7.00. The molecule has 0 aromatic heterocycles. The summed E-state index contributed by atoms with van der Waals surface area (Å²) >= 11 is 0. The molecular weight excluding hydrogens is 142 g/mol. The maximum absolute atomic E-state index is 10.6. The molecule has 0 amide bonds. The van der Waals surface area contributed by atoms with Crippen molar-refractivity contribution in [3.8, 4) is 0 Å². The third-order valence-electron chi connectivity index (χ3n) is 1.51. The summed E-state index contributed by atoms with van der Waals surface area (Å²) in [7, 11) is 0. The lowest BCUT2D eigenvalue weighted by Crippen LogP contribution is -2.46. The van der Waals surface area contributed by atoms with Gasteiger partial charge < -0.3 is 10.8 Å². The molecule has 0 aromatic rings. The molecule has 0 heterocycles. The fraction of sp³-hybridized carbons (Fsp3) is 0.625. The van der Waals surface area contributed by atoms with Gasteiger partial charge in [-0.1, -0.05) is 19.9 Å². The molecule has 3 heteroatoms. The molecule has 0 aromatic carbocycles. The summed E-state index contributed by atoms with van der Waals surface area (Å²) in [6.45, 7) is 7.25. The van der Waals surface area contributed by atoms with E-state index in [1.807, 2.05) is 13.8 Å². The number of carbonyl (C=O) groups is 1. The quantitative estimate of drug-likeness (QED) is 0.598. The number of carboxylic acids is 1. The van der Waals surface area contributed by atoms with Crippen molar-refractivity contribution in [2.75, 3.05) is 0 Å². The number of nitrogens with two attached hydrogens (primary N) is 1. The van der Waals surface area contributed by atoms with E-state index in [2.05, 4.69) is 6.58 Å². The van der Waals surface area contributed by atoms with E-state index in [9.17, 15) is 4.79 Å². The summed E-state index contributed by atoms with van der Waals surface area (Å²) in [5.41, 5.74) is 4.27. The van der Waals surface area contributed by atoms with Gasteiger partial charge in [-0.3, -0.25) is 0 Å². The van der Waals surface area contributed by atoms with Gasteiger partial charge in [0, 0.05) is 0 Å². The molecule has 0 bridgehead atoms. The van der Waals surface area contributed by atoms with Crippen molar-refractivity contribution in [1.29, 1.82) is 0 Å². The van der Waals surface area contributed by atoms with Crippen molar-refractivity contribution in [2.45, 2.75) is 25.8 Å². The predicted octanol–water partition coefficient (Wildman–Crippen LogP) is 1.00. The summed E-state index contributed by atoms with van der Waals surface area (Å²) in [5, 5.41) is 8.69. The fourth-order valence-corrected chi connectivity index (χ4v) is 0.933. The predicted molar refractivity (Wildman–Crippen MR) is 44.2 cm³/mol. The van der Waals surface area contributed by atoms with Crippen LogP contribution in [0.25, 0.3) is 0 Å². The van der Waals surface area contributed by atoms with E-state index in [4.69, 9.17) is 10.8 Å². The van der Waals surface area contributed by atoms with Crippen LogP contribution in [0.3, 0.4) is 0 Å². The molecule has 0 rings (SSSR count). The van der Waals surface area contributed by atoms with E-state index < -0.39 is 11.5 Å². The Labute approximate surface area is 66.9 Å². The Hall–Kier alpha value is -0.830. The van der Waals surface area contributed by atoms with Crippen LogP contribution in [-0.4, -0.2) is 16.6 Å². The fourth-order valence-electron chi connectivity index (χ4n) is 0.933. The van der Waals surface area contributed by atoms with Crippen molar-refractivity contribution in [2.24, 2.45) is 11.7 Å². The number of hydrogen-bond acceptors (Lipinski definition) is 2. The van der Waals surface area contributed by atoms with Gasteiger partial charge in [0.1, 0.15) is 5.54 Å². The lowest BCUT2D eigenvalue weighted by Gasteiger charge is -2.21. The molecule has 0 unspecified atom stereocenters. The Morgan fingerprint density at radius 1 is 1.82 bits per heavy atom. The molecule has 0 aliphatic heterocycles. The van der Waals surface area contributed by atoms with Crippen LogP contribution >= 0.6 is 0 Å². The van der Waals surface area contributed by atoms with Crippen LogP contribution < -0.4 is 5.73 Å². The van der Waals surface area contributed by atoms with Gasteiger partial charge in [-0.15, -0.1) is 6.58 Å². The first kappa shape index (κ1) is 10.2. The normalized spacial score (nSPS) is 16.0. The Kier molecular flexibility index (Phi) is 3.26. The van der Waals surface area contributed by atoms with Crippen molar-refractivity contribution >= 4 is 5.97 Å². The molecule has 0 spiro atoms. The number of aliphatic carboxylic acids is 1. The summed E-state index contributed by atoms with van der Waals surface area (Å²) in [5.74, 6) is -0.754. The molecule has 0 aliphatic carbocycles. The molecule has 64 valence electrons. The first-order chi connectivity index (χ1) is 4.92. The zero-order chi connectivity index (χ0) is 9.07. The first-order valence-electron chi connectivity index (χ1n) is 3.58. The maximum atomic E-state index is 10.6. The maximum Gasteiger partial charge on any atom is 0.327 e. The van der Waals surface area contributed by atoms with Crippen molar-refractivity contribution in [3.05, 3.63) is 12.7 Å². The smallest absolute Gasteiger partial charge is 0.327 e. The Bertz CT molecular complexity index is 165. The standard InChI is InChI=1S/C8H15NO2/c1-4-8(9,7(10)11)5-6(2)3/h4,6H,1,5,9H2,2-3H3,(H,10,11)/t8-/m1/s1. The summed E-state index contributed by atoms with van der Waals surface area (Å²) in [4.78, 5) is 10.6. The third kappa shape index (κ3) is 2.72. The highest BCUT2D eigenvalue weighted by atomic mass is 16.4. The van der Waals surface area contributed by atoms with Crippen molar-refractivity contribution in [1.82, 2.24) is 0 Å². The molecule has 0 radical (unpaired) electrons. The van der Waals surface area contributed by atoms with Gasteiger partial charge in [0.15, 0.2) is 0 Å². The number of rotatable bonds is 4. The lowest BCUT2D eigenvalue weighted by atomic mass is 9.90. The molecule has 3 N–H and O–H groups in total. The Morgan fingerprint density at radius 2 is 2.27 bits per heavy atom. The van der Waals surface area contributed by atoms with E-state index in [0.29, 0.717) is 6.42 Å². The lowest BCUT2D eigenvalue weighted by molar-refractivity contribution is -0.141. The number of carboxylic acid groups (broad SMARTS) is 1. The highest BCUT2D eigenvalue weighted by Gasteiger charge is 2.30. The van der Waals surface area contributed by atoms with Crippen LogP contribution in [0.1, 0.15) is 20.3 Å². The van der Waals surface area contributed by atoms with Gasteiger partial charge in [-0.2, -0.15) is 0 Å². The molecule has 0 saturated carbocycles. The van der Waals surface area contributed by atoms with E-state index in [1.165, 1.54) is 6.08 Å². The van der Waals surface area contributed by atoms with E-state index >= 15 is 0 Å². The topological polar surface area (TPSA) is 63.3 Å². The van der Waals surface area contributed by atoms with E-state index in [-0.39, 0.29) is 5.92 Å². The van der Waals surface area contributed by atoms with E-state index in [1.54, 1.807) is 0 Å². The second-order valence-electron chi connectivity index (χ2n) is 3.15. The van der Waals surface area contributed by atoms with Crippen molar-refractivity contribution < 1.29 is 9.90 Å². The van der Waals surface area contributed by atoms with Crippen molar-refractivity contribution in [3.63, 3.8) is 0 Å².